The topological polar surface area (TPSA) is 78.9 Å². The molecule has 0 aliphatic carbocycles. The summed E-state index contributed by atoms with van der Waals surface area (Å²) in [7, 11) is 0. The average molecular weight is 284 g/mol. The molecule has 20 heavy (non-hydrogen) atoms. The lowest BCUT2D eigenvalue weighted by Gasteiger charge is -2.38. The minimum absolute atomic E-state index is 0.0437. The molecule has 2 rings (SSSR count). The van der Waals surface area contributed by atoms with Crippen molar-refractivity contribution < 1.29 is 19.4 Å². The van der Waals surface area contributed by atoms with E-state index in [1.807, 2.05) is 0 Å². The van der Waals surface area contributed by atoms with Gasteiger partial charge in [-0.05, 0) is 25.8 Å². The van der Waals surface area contributed by atoms with Gasteiger partial charge < -0.3 is 20.1 Å². The predicted molar refractivity (Wildman–Crippen MR) is 73.4 cm³/mol. The first kappa shape index (κ1) is 15.3. The Morgan fingerprint density at radius 2 is 2.30 bits per heavy atom. The molecular formula is C14H24N2O4. The molecule has 114 valence electrons. The van der Waals surface area contributed by atoms with E-state index in [0.29, 0.717) is 19.7 Å². The summed E-state index contributed by atoms with van der Waals surface area (Å²) in [6.07, 6.45) is 3.27. The fourth-order valence-corrected chi connectivity index (χ4v) is 3.26. The van der Waals surface area contributed by atoms with Crippen molar-refractivity contribution in [2.45, 2.75) is 50.7 Å². The van der Waals surface area contributed by atoms with E-state index >= 15 is 0 Å². The molecule has 6 nitrogen and oxygen atoms in total. The number of nitrogens with one attached hydrogen (secondary N) is 1. The SMILES string of the molecule is CCCC1(C(=O)N2CCOC(CC(=O)O)C2)CCCN1. The summed E-state index contributed by atoms with van der Waals surface area (Å²) in [5.41, 5.74) is -0.431. The minimum Gasteiger partial charge on any atom is -0.481 e. The van der Waals surface area contributed by atoms with Gasteiger partial charge in [0.2, 0.25) is 5.91 Å². The first-order chi connectivity index (χ1) is 9.57. The van der Waals surface area contributed by atoms with Crippen molar-refractivity contribution in [1.29, 1.82) is 0 Å². The van der Waals surface area contributed by atoms with Gasteiger partial charge in [-0.3, -0.25) is 9.59 Å². The van der Waals surface area contributed by atoms with Gasteiger partial charge in [-0.25, -0.2) is 0 Å². The normalized spacial score (nSPS) is 30.4. The maximum atomic E-state index is 12.8. The van der Waals surface area contributed by atoms with Gasteiger partial charge in [0.25, 0.3) is 0 Å². The van der Waals surface area contributed by atoms with Crippen LogP contribution in [0.5, 0.6) is 0 Å². The number of aliphatic carboxylic acids is 1. The summed E-state index contributed by atoms with van der Waals surface area (Å²) in [6.45, 7) is 4.34. The van der Waals surface area contributed by atoms with Gasteiger partial charge in [-0.1, -0.05) is 13.3 Å². The third-order valence-electron chi connectivity index (χ3n) is 4.16. The van der Waals surface area contributed by atoms with Crippen LogP contribution in [0.15, 0.2) is 0 Å². The van der Waals surface area contributed by atoms with E-state index in [1.54, 1.807) is 4.90 Å². The van der Waals surface area contributed by atoms with E-state index in [0.717, 1.165) is 32.2 Å². The van der Waals surface area contributed by atoms with Crippen molar-refractivity contribution in [3.8, 4) is 0 Å². The Bertz CT molecular complexity index is 366. The van der Waals surface area contributed by atoms with Crippen LogP contribution in [0.3, 0.4) is 0 Å². The van der Waals surface area contributed by atoms with E-state index in [2.05, 4.69) is 12.2 Å². The Morgan fingerprint density at radius 1 is 1.50 bits per heavy atom. The van der Waals surface area contributed by atoms with Crippen LogP contribution in [-0.4, -0.2) is 59.8 Å². The number of morpholine rings is 1. The van der Waals surface area contributed by atoms with Crippen LogP contribution in [0.4, 0.5) is 0 Å². The molecule has 2 atom stereocenters. The number of carbonyl (C=O) groups is 2. The van der Waals surface area contributed by atoms with Crippen molar-refractivity contribution in [3.63, 3.8) is 0 Å². The summed E-state index contributed by atoms with van der Waals surface area (Å²) in [6, 6.07) is 0. The molecule has 0 aromatic carbocycles. The molecule has 2 aliphatic rings. The Hall–Kier alpha value is -1.14. The van der Waals surface area contributed by atoms with Crippen LogP contribution in [-0.2, 0) is 14.3 Å². The molecule has 1 amide bonds. The van der Waals surface area contributed by atoms with Crippen LogP contribution in [0, 0.1) is 0 Å². The van der Waals surface area contributed by atoms with E-state index in [1.165, 1.54) is 0 Å². The fourth-order valence-electron chi connectivity index (χ4n) is 3.26. The predicted octanol–water partition coefficient (Wildman–Crippen LogP) is 0.611. The van der Waals surface area contributed by atoms with Crippen molar-refractivity contribution in [2.75, 3.05) is 26.2 Å². The summed E-state index contributed by atoms with van der Waals surface area (Å²) < 4.78 is 5.43. The van der Waals surface area contributed by atoms with Gasteiger partial charge in [0.05, 0.1) is 24.7 Å². The number of ether oxygens (including phenoxy) is 1. The number of carbonyl (C=O) groups excluding carboxylic acids is 1. The van der Waals surface area contributed by atoms with Crippen LogP contribution >= 0.6 is 0 Å². The van der Waals surface area contributed by atoms with Gasteiger partial charge in [0.1, 0.15) is 0 Å². The smallest absolute Gasteiger partial charge is 0.306 e. The molecule has 0 radical (unpaired) electrons. The van der Waals surface area contributed by atoms with Crippen LogP contribution in [0.2, 0.25) is 0 Å². The van der Waals surface area contributed by atoms with Crippen molar-refractivity contribution in [3.05, 3.63) is 0 Å². The molecule has 0 spiro atoms. The third kappa shape index (κ3) is 3.30. The molecule has 0 saturated carbocycles. The molecular weight excluding hydrogens is 260 g/mol. The maximum absolute atomic E-state index is 12.8. The molecule has 2 N–H and O–H groups in total. The van der Waals surface area contributed by atoms with Crippen molar-refractivity contribution >= 4 is 11.9 Å². The number of hydrogen-bond acceptors (Lipinski definition) is 4. The van der Waals surface area contributed by atoms with E-state index in [9.17, 15) is 9.59 Å². The molecule has 2 heterocycles. The van der Waals surface area contributed by atoms with Gasteiger partial charge in [-0.2, -0.15) is 0 Å². The number of rotatable bonds is 5. The summed E-state index contributed by atoms with van der Waals surface area (Å²) in [5.74, 6) is -0.762. The molecule has 0 aromatic heterocycles. The molecule has 2 saturated heterocycles. The van der Waals surface area contributed by atoms with E-state index in [4.69, 9.17) is 9.84 Å². The monoisotopic (exact) mass is 284 g/mol. The summed E-state index contributed by atoms with van der Waals surface area (Å²) in [4.78, 5) is 25.4. The molecule has 2 fully saturated rings. The zero-order valence-electron chi connectivity index (χ0n) is 12.1. The highest BCUT2D eigenvalue weighted by atomic mass is 16.5. The fraction of sp³-hybridized carbons (Fsp3) is 0.857. The lowest BCUT2D eigenvalue weighted by molar-refractivity contribution is -0.151. The molecule has 0 aromatic rings. The Labute approximate surface area is 119 Å². The van der Waals surface area contributed by atoms with Crippen molar-refractivity contribution in [1.82, 2.24) is 10.2 Å². The Kier molecular flexibility index (Phi) is 4.99. The number of hydrogen-bond donors (Lipinski definition) is 2. The van der Waals surface area contributed by atoms with Gasteiger partial charge >= 0.3 is 5.97 Å². The molecule has 2 aliphatic heterocycles. The van der Waals surface area contributed by atoms with Crippen LogP contribution < -0.4 is 5.32 Å². The number of nitrogens with zero attached hydrogens (tertiary/aromatic N) is 1. The van der Waals surface area contributed by atoms with Crippen LogP contribution in [0.25, 0.3) is 0 Å². The second-order valence-electron chi connectivity index (χ2n) is 5.70. The second-order valence-corrected chi connectivity index (χ2v) is 5.70. The highest BCUT2D eigenvalue weighted by Crippen LogP contribution is 2.28. The second kappa shape index (κ2) is 6.54. The Morgan fingerprint density at radius 3 is 2.90 bits per heavy atom. The van der Waals surface area contributed by atoms with E-state index in [-0.39, 0.29) is 18.4 Å². The highest BCUT2D eigenvalue weighted by molar-refractivity contribution is 5.87. The van der Waals surface area contributed by atoms with E-state index < -0.39 is 11.5 Å². The summed E-state index contributed by atoms with van der Waals surface area (Å²) >= 11 is 0. The Balaban J connectivity index is 2.01. The number of carboxylic acid groups (broad SMARTS) is 1. The number of carboxylic acids is 1. The largest absolute Gasteiger partial charge is 0.481 e. The molecule has 0 bridgehead atoms. The number of amides is 1. The first-order valence-electron chi connectivity index (χ1n) is 7.45. The van der Waals surface area contributed by atoms with Crippen LogP contribution in [0.1, 0.15) is 39.0 Å². The highest BCUT2D eigenvalue weighted by Gasteiger charge is 2.43. The minimum atomic E-state index is -0.883. The van der Waals surface area contributed by atoms with Gasteiger partial charge in [0, 0.05) is 13.1 Å². The summed E-state index contributed by atoms with van der Waals surface area (Å²) in [5, 5.41) is 12.2. The van der Waals surface area contributed by atoms with Gasteiger partial charge in [0.15, 0.2) is 0 Å². The molecule has 6 heteroatoms. The van der Waals surface area contributed by atoms with Gasteiger partial charge in [-0.15, -0.1) is 0 Å². The zero-order chi connectivity index (χ0) is 14.6. The first-order valence-corrected chi connectivity index (χ1v) is 7.45. The maximum Gasteiger partial charge on any atom is 0.306 e. The lowest BCUT2D eigenvalue weighted by atomic mass is 9.90. The average Bonchev–Trinajstić information content (AvgIpc) is 2.87. The van der Waals surface area contributed by atoms with Crippen molar-refractivity contribution in [2.24, 2.45) is 0 Å². The quantitative estimate of drug-likeness (QED) is 0.773. The molecule has 2 unspecified atom stereocenters. The third-order valence-corrected chi connectivity index (χ3v) is 4.16. The standard InChI is InChI=1S/C14H24N2O4/c1-2-4-14(5-3-6-15-14)13(19)16-7-8-20-11(10-16)9-12(17)18/h11,15H,2-10H2,1H3,(H,17,18). The zero-order valence-corrected chi connectivity index (χ0v) is 12.1. The lowest BCUT2D eigenvalue weighted by Crippen LogP contribution is -2.58.